The average Bonchev–Trinajstić information content (AvgIpc) is 2.48. The van der Waals surface area contributed by atoms with Crippen molar-refractivity contribution in [2.45, 2.75) is 32.7 Å². The van der Waals surface area contributed by atoms with E-state index in [-0.39, 0.29) is 0 Å². The van der Waals surface area contributed by atoms with Gasteiger partial charge in [-0.15, -0.1) is 0 Å². The van der Waals surface area contributed by atoms with Gasteiger partial charge >= 0.3 is 0 Å². The average molecular weight is 166 g/mol. The van der Waals surface area contributed by atoms with Gasteiger partial charge in [-0.25, -0.2) is 0 Å². The fourth-order valence-corrected chi connectivity index (χ4v) is 2.61. The van der Waals surface area contributed by atoms with Gasteiger partial charge in [0.25, 0.3) is 0 Å². The van der Waals surface area contributed by atoms with E-state index in [0.29, 0.717) is 5.92 Å². The van der Waals surface area contributed by atoms with Crippen LogP contribution in [-0.4, -0.2) is 24.0 Å². The minimum Gasteiger partial charge on any atom is -0.402 e. The molecule has 2 atom stereocenters. The first-order chi connectivity index (χ1) is 5.70. The van der Waals surface area contributed by atoms with Crippen LogP contribution in [0.1, 0.15) is 26.7 Å². The highest BCUT2D eigenvalue weighted by Crippen LogP contribution is 2.32. The number of rotatable bonds is 0. The Balaban J connectivity index is 2.24. The van der Waals surface area contributed by atoms with E-state index in [1.165, 1.54) is 25.0 Å². The van der Waals surface area contributed by atoms with Crippen LogP contribution in [-0.2, 0) is 0 Å². The van der Waals surface area contributed by atoms with Gasteiger partial charge in [0.1, 0.15) is 0 Å². The molecule has 0 amide bonds. The third kappa shape index (κ3) is 1.06. The van der Waals surface area contributed by atoms with E-state index < -0.39 is 0 Å². The second kappa shape index (κ2) is 2.77. The maximum Gasteiger partial charge on any atom is 0.0213 e. The molecule has 1 saturated heterocycles. The monoisotopic (exact) mass is 166 g/mol. The van der Waals surface area contributed by atoms with Crippen LogP contribution in [0.5, 0.6) is 0 Å². The summed E-state index contributed by atoms with van der Waals surface area (Å²) >= 11 is 0. The molecule has 0 aromatic rings. The van der Waals surface area contributed by atoms with Gasteiger partial charge in [-0.3, -0.25) is 4.90 Å². The molecule has 2 aliphatic heterocycles. The van der Waals surface area contributed by atoms with E-state index in [9.17, 15) is 0 Å². The van der Waals surface area contributed by atoms with Gasteiger partial charge in [-0.1, -0.05) is 6.92 Å². The predicted octanol–water partition coefficient (Wildman–Crippen LogP) is 1.33. The lowest BCUT2D eigenvalue weighted by atomic mass is 9.90. The summed E-state index contributed by atoms with van der Waals surface area (Å²) in [5.41, 5.74) is 8.57. The molecule has 0 aromatic heterocycles. The van der Waals surface area contributed by atoms with Crippen molar-refractivity contribution >= 4 is 0 Å². The summed E-state index contributed by atoms with van der Waals surface area (Å²) in [6.45, 7) is 6.82. The van der Waals surface area contributed by atoms with Gasteiger partial charge in [-0.05, 0) is 31.9 Å². The molecule has 12 heavy (non-hydrogen) atoms. The maximum absolute atomic E-state index is 6.03. The molecule has 2 rings (SSSR count). The van der Waals surface area contributed by atoms with Crippen molar-refractivity contribution in [2.75, 3.05) is 13.1 Å². The molecule has 0 radical (unpaired) electrons. The molecular weight excluding hydrogens is 148 g/mol. The highest BCUT2D eigenvalue weighted by Gasteiger charge is 2.34. The standard InChI is InChI=1S/C10H18N2/c1-7-6-12-5-3-4-9(12)8(2)10(7)11/h8-9H,3-6,11H2,1-2H3. The molecule has 2 aliphatic rings. The summed E-state index contributed by atoms with van der Waals surface area (Å²) in [5, 5.41) is 0. The summed E-state index contributed by atoms with van der Waals surface area (Å²) in [6.07, 6.45) is 2.70. The van der Waals surface area contributed by atoms with Gasteiger partial charge in [-0.2, -0.15) is 0 Å². The van der Waals surface area contributed by atoms with Crippen molar-refractivity contribution in [1.82, 2.24) is 4.90 Å². The first-order valence-electron chi connectivity index (χ1n) is 4.89. The van der Waals surface area contributed by atoms with Gasteiger partial charge < -0.3 is 5.73 Å². The second-order valence-corrected chi connectivity index (χ2v) is 4.20. The Hall–Kier alpha value is -0.500. The lowest BCUT2D eigenvalue weighted by molar-refractivity contribution is 0.210. The van der Waals surface area contributed by atoms with E-state index in [4.69, 9.17) is 5.73 Å². The summed E-state index contributed by atoms with van der Waals surface area (Å²) in [6, 6.07) is 0.744. The molecular formula is C10H18N2. The van der Waals surface area contributed by atoms with E-state index in [1.54, 1.807) is 0 Å². The lowest BCUT2D eigenvalue weighted by Crippen LogP contribution is -2.42. The number of hydrogen-bond donors (Lipinski definition) is 1. The van der Waals surface area contributed by atoms with Crippen LogP contribution >= 0.6 is 0 Å². The molecule has 0 saturated carbocycles. The van der Waals surface area contributed by atoms with Crippen LogP contribution in [0.15, 0.2) is 11.3 Å². The van der Waals surface area contributed by atoms with Crippen molar-refractivity contribution in [2.24, 2.45) is 11.7 Å². The minimum absolute atomic E-state index is 0.584. The third-order valence-electron chi connectivity index (χ3n) is 3.42. The zero-order valence-corrected chi connectivity index (χ0v) is 8.01. The fourth-order valence-electron chi connectivity index (χ4n) is 2.61. The van der Waals surface area contributed by atoms with Crippen LogP contribution < -0.4 is 5.73 Å². The smallest absolute Gasteiger partial charge is 0.0213 e. The molecule has 2 unspecified atom stereocenters. The van der Waals surface area contributed by atoms with Crippen LogP contribution in [0.3, 0.4) is 0 Å². The van der Waals surface area contributed by atoms with Crippen molar-refractivity contribution in [3.8, 4) is 0 Å². The van der Waals surface area contributed by atoms with Crippen LogP contribution in [0, 0.1) is 5.92 Å². The highest BCUT2D eigenvalue weighted by atomic mass is 15.2. The molecule has 2 N–H and O–H groups in total. The maximum atomic E-state index is 6.03. The van der Waals surface area contributed by atoms with E-state index in [0.717, 1.165) is 18.3 Å². The Labute approximate surface area is 74.4 Å². The zero-order chi connectivity index (χ0) is 8.72. The summed E-state index contributed by atoms with van der Waals surface area (Å²) < 4.78 is 0. The molecule has 2 heterocycles. The van der Waals surface area contributed by atoms with Gasteiger partial charge in [0.15, 0.2) is 0 Å². The van der Waals surface area contributed by atoms with Crippen molar-refractivity contribution in [3.63, 3.8) is 0 Å². The first-order valence-corrected chi connectivity index (χ1v) is 4.89. The van der Waals surface area contributed by atoms with Crippen molar-refractivity contribution in [3.05, 3.63) is 11.3 Å². The minimum atomic E-state index is 0.584. The van der Waals surface area contributed by atoms with E-state index >= 15 is 0 Å². The topological polar surface area (TPSA) is 29.3 Å². The lowest BCUT2D eigenvalue weighted by Gasteiger charge is -2.36. The number of hydrogen-bond acceptors (Lipinski definition) is 2. The Morgan fingerprint density at radius 1 is 1.50 bits per heavy atom. The molecule has 0 bridgehead atoms. The fraction of sp³-hybridized carbons (Fsp3) is 0.800. The summed E-state index contributed by atoms with van der Waals surface area (Å²) in [4.78, 5) is 2.58. The molecule has 0 spiro atoms. The molecule has 2 heteroatoms. The van der Waals surface area contributed by atoms with E-state index in [2.05, 4.69) is 18.7 Å². The van der Waals surface area contributed by atoms with E-state index in [1.807, 2.05) is 0 Å². The zero-order valence-electron chi connectivity index (χ0n) is 8.01. The Bertz CT molecular complexity index is 220. The van der Waals surface area contributed by atoms with Crippen molar-refractivity contribution in [1.29, 1.82) is 0 Å². The normalized spacial score (nSPS) is 37.2. The third-order valence-corrected chi connectivity index (χ3v) is 3.42. The van der Waals surface area contributed by atoms with Crippen LogP contribution in [0.2, 0.25) is 0 Å². The molecule has 2 nitrogen and oxygen atoms in total. The molecule has 68 valence electrons. The molecule has 0 aliphatic carbocycles. The SMILES string of the molecule is CC1=C(N)C(C)C2CCCN2C1. The second-order valence-electron chi connectivity index (χ2n) is 4.20. The quantitative estimate of drug-likeness (QED) is 0.588. The number of fused-ring (bicyclic) bond motifs is 1. The Kier molecular flexibility index (Phi) is 1.87. The Morgan fingerprint density at radius 3 is 3.00 bits per heavy atom. The van der Waals surface area contributed by atoms with Crippen LogP contribution in [0.4, 0.5) is 0 Å². The number of nitrogens with zero attached hydrogens (tertiary/aromatic N) is 1. The Morgan fingerprint density at radius 2 is 2.25 bits per heavy atom. The van der Waals surface area contributed by atoms with Crippen molar-refractivity contribution < 1.29 is 0 Å². The van der Waals surface area contributed by atoms with Gasteiger partial charge in [0.2, 0.25) is 0 Å². The highest BCUT2D eigenvalue weighted by molar-refractivity contribution is 5.19. The van der Waals surface area contributed by atoms with Crippen LogP contribution in [0.25, 0.3) is 0 Å². The first kappa shape index (κ1) is 8.11. The summed E-state index contributed by atoms with van der Waals surface area (Å²) in [5.74, 6) is 0.584. The summed E-state index contributed by atoms with van der Waals surface area (Å²) in [7, 11) is 0. The van der Waals surface area contributed by atoms with Gasteiger partial charge in [0, 0.05) is 24.2 Å². The molecule has 1 fully saturated rings. The predicted molar refractivity (Wildman–Crippen MR) is 50.6 cm³/mol. The largest absolute Gasteiger partial charge is 0.402 e. The molecule has 0 aromatic carbocycles. The number of nitrogens with two attached hydrogens (primary N) is 1. The van der Waals surface area contributed by atoms with Gasteiger partial charge in [0.05, 0.1) is 0 Å².